The minimum absolute atomic E-state index is 0. The van der Waals surface area contributed by atoms with Gasteiger partial charge in [-0.1, -0.05) is 47.8 Å². The number of fused-ring (bicyclic) bond motifs is 1. The van der Waals surface area contributed by atoms with E-state index in [0.29, 0.717) is 49.8 Å². The van der Waals surface area contributed by atoms with Crippen LogP contribution in [0.15, 0.2) is 117 Å². The molecule has 0 aliphatic rings. The molecule has 68 heavy (non-hydrogen) atoms. The Bertz CT molecular complexity index is 3050. The topological polar surface area (TPSA) is 227 Å². The molecule has 0 unspecified atom stereocenters. The summed E-state index contributed by atoms with van der Waals surface area (Å²) < 4.78 is 3.91. The quantitative estimate of drug-likeness (QED) is 0.0292. The van der Waals surface area contributed by atoms with E-state index in [0.717, 1.165) is 43.3 Å². The first-order valence-electron chi connectivity index (χ1n) is 18.4. The number of anilines is 4. The van der Waals surface area contributed by atoms with Gasteiger partial charge in [0.15, 0.2) is 12.0 Å². The zero-order valence-electron chi connectivity index (χ0n) is 36.4. The number of benzene rings is 4. The first-order chi connectivity index (χ1) is 31.6. The number of aldehydes is 1. The van der Waals surface area contributed by atoms with Crippen molar-refractivity contribution in [1.29, 1.82) is 0 Å². The summed E-state index contributed by atoms with van der Waals surface area (Å²) >= 11 is 9.73. The molecule has 19 nitrogen and oxygen atoms in total. The number of aryl methyl sites for hydroxylation is 1. The summed E-state index contributed by atoms with van der Waals surface area (Å²) in [6.07, 6.45) is 7.44. The second-order valence-corrected chi connectivity index (χ2v) is 15.1. The standard InChI is InChI=1S/C14H9BrN4.C8H6BrN3O2.C8H8BrN3.C8H7N3O2.C6H5NO.CH3.Pd.H2/c1-16-11-7-13-12(6-10(11)15)18-14(19(13)2)9-4-3-5-17-8-9;1-10-6-4-7(11-2)8(12(13)14)3-5(6)9;1-11-7-4-8(12-2)6(10)3-5(7)9;1-9-6-3-4-8(11(12)13)7(5-6)10-2;8-5-6-2-1-3-7-4-6;;;/h3-8H,2H3;3-4,11H,2H3;3-4,12H,10H2,2H3;3-5,10H,2H3;1-5H;1H3;;1H/q;;;;;-1;;. The van der Waals surface area contributed by atoms with E-state index in [1.165, 1.54) is 36.5 Å². The van der Waals surface area contributed by atoms with E-state index in [9.17, 15) is 25.0 Å². The predicted molar refractivity (Wildman–Crippen MR) is 276 cm³/mol. The average Bonchev–Trinajstić information content (AvgIpc) is 3.66. The number of aromatic nitrogens is 4. The van der Waals surface area contributed by atoms with Crippen molar-refractivity contribution in [1.82, 2.24) is 19.5 Å². The number of imidazole rings is 1. The molecule has 0 bridgehead atoms. The van der Waals surface area contributed by atoms with Crippen LogP contribution in [0.4, 0.5) is 56.9 Å². The number of nitrogens with one attached hydrogen (secondary N) is 3. The number of nitrogens with zero attached hydrogens (tertiary/aromatic N) is 10. The number of hydrogen-bond acceptors (Lipinski definition) is 12. The molecule has 0 radical (unpaired) electrons. The van der Waals surface area contributed by atoms with Crippen LogP contribution in [0.1, 0.15) is 11.8 Å². The first-order valence-corrected chi connectivity index (χ1v) is 20.8. The molecule has 23 heteroatoms. The minimum Gasteiger partial charge on any atom is -0.397 e. The summed E-state index contributed by atoms with van der Waals surface area (Å²) in [7, 11) is 6.87. The Morgan fingerprint density at radius 2 is 1.22 bits per heavy atom. The third-order valence-electron chi connectivity index (χ3n) is 8.55. The first kappa shape index (κ1) is 58.4. The van der Waals surface area contributed by atoms with E-state index in [1.54, 1.807) is 64.0 Å². The number of carbonyl (C=O) groups excluding carboxylic acids is 1. The Balaban J connectivity index is 0.000000849. The van der Waals surface area contributed by atoms with Crippen molar-refractivity contribution in [2.75, 3.05) is 42.8 Å². The van der Waals surface area contributed by atoms with E-state index in [1.807, 2.05) is 35.9 Å². The molecule has 0 atom stereocenters. The summed E-state index contributed by atoms with van der Waals surface area (Å²) in [6, 6.07) is 21.4. The number of nitrogens with two attached hydrogens (primary N) is 1. The van der Waals surface area contributed by atoms with Gasteiger partial charge in [-0.25, -0.2) is 24.4 Å². The van der Waals surface area contributed by atoms with Gasteiger partial charge in [-0.2, -0.15) is 0 Å². The molecular weight excluding hydrogens is 1160 g/mol. The monoisotopic (exact) mass is 1200 g/mol. The van der Waals surface area contributed by atoms with Gasteiger partial charge in [-0.3, -0.25) is 35.0 Å². The number of halogens is 3. The molecule has 0 amide bonds. The van der Waals surface area contributed by atoms with Crippen LogP contribution in [0.25, 0.3) is 41.8 Å². The number of nitro benzene ring substituents is 2. The Morgan fingerprint density at radius 1 is 0.706 bits per heavy atom. The molecule has 3 heterocycles. The van der Waals surface area contributed by atoms with Gasteiger partial charge in [0, 0.05) is 117 Å². The maximum atomic E-state index is 10.6. The summed E-state index contributed by atoms with van der Waals surface area (Å²) in [5.41, 5.74) is 13.0. The van der Waals surface area contributed by atoms with Crippen molar-refractivity contribution in [3.8, 4) is 11.4 Å². The molecule has 352 valence electrons. The molecule has 0 aliphatic heterocycles. The van der Waals surface area contributed by atoms with Crippen molar-refractivity contribution in [3.63, 3.8) is 0 Å². The summed E-state index contributed by atoms with van der Waals surface area (Å²) in [5, 5.41) is 29.3. The van der Waals surface area contributed by atoms with E-state index in [-0.39, 0.29) is 40.7 Å². The Kier molecular flexibility index (Phi) is 25.0. The smallest absolute Gasteiger partial charge is 0.290 e. The third kappa shape index (κ3) is 16.1. The maximum Gasteiger partial charge on any atom is 0.290 e. The van der Waals surface area contributed by atoms with Crippen molar-refractivity contribution in [3.05, 3.63) is 196 Å². The van der Waals surface area contributed by atoms with Crippen LogP contribution in [0.5, 0.6) is 0 Å². The van der Waals surface area contributed by atoms with Crippen LogP contribution in [-0.2, 0) is 27.5 Å². The Labute approximate surface area is 432 Å². The Hall–Kier alpha value is -7.62. The van der Waals surface area contributed by atoms with Crippen molar-refractivity contribution < 1.29 is 36.5 Å². The second kappa shape index (κ2) is 29.1. The van der Waals surface area contributed by atoms with Crippen LogP contribution >= 0.6 is 47.8 Å². The van der Waals surface area contributed by atoms with Crippen LogP contribution in [0.2, 0.25) is 0 Å². The number of pyridine rings is 2. The summed E-state index contributed by atoms with van der Waals surface area (Å²) in [6.45, 7) is 27.6. The molecule has 7 rings (SSSR count). The fourth-order valence-electron chi connectivity index (χ4n) is 5.31. The molecular formula is C45H40Br3N14O5Pd-. The molecule has 5 N–H and O–H groups in total. The van der Waals surface area contributed by atoms with Gasteiger partial charge in [-0.15, -0.1) is 0 Å². The molecule has 7 aromatic rings. The Morgan fingerprint density at radius 3 is 1.69 bits per heavy atom. The van der Waals surface area contributed by atoms with Gasteiger partial charge < -0.3 is 33.7 Å². The van der Waals surface area contributed by atoms with Crippen molar-refractivity contribution >= 4 is 122 Å². The predicted octanol–water partition coefficient (Wildman–Crippen LogP) is 13.3. The molecule has 0 spiro atoms. The fourth-order valence-corrected chi connectivity index (χ4v) is 6.60. The number of hydrogen-bond donors (Lipinski definition) is 4. The number of rotatable bonds is 7. The SMILES string of the molecule is O=Cc1cccnc1.[C-]#[N+]c1cc(NC)c(N)cc1Br.[C-]#[N+]c1cc(NC)c([N+](=O)[O-])cc1Br.[C-]#[N+]c1cc2c(cc1Br)nc(-c1cccnc1)n2C.[C-]#[N+]c1ccc([N+](=O)[O-])c(NC)c1.[CH3-].[HH].[Pd]. The molecule has 3 aromatic heterocycles. The summed E-state index contributed by atoms with van der Waals surface area (Å²) in [4.78, 5) is 55.7. The maximum absolute atomic E-state index is 10.6. The molecule has 4 aromatic carbocycles. The summed E-state index contributed by atoms with van der Waals surface area (Å²) in [5.74, 6) is 0.845. The van der Waals surface area contributed by atoms with E-state index >= 15 is 0 Å². The number of nitrogen functional groups attached to an aromatic ring is 1. The molecule has 0 fully saturated rings. The van der Waals surface area contributed by atoms with Gasteiger partial charge in [0.05, 0.1) is 52.9 Å². The second-order valence-electron chi connectivity index (χ2n) is 12.6. The number of carbonyl (C=O) groups is 1. The van der Waals surface area contributed by atoms with Crippen LogP contribution in [0, 0.1) is 53.9 Å². The van der Waals surface area contributed by atoms with E-state index < -0.39 is 9.85 Å². The third-order valence-corrected chi connectivity index (χ3v) is 10.5. The molecule has 0 aliphatic carbocycles. The molecule has 0 saturated carbocycles. The van der Waals surface area contributed by atoms with Gasteiger partial charge in [-0.05, 0) is 66.7 Å². The number of nitro groups is 2. The van der Waals surface area contributed by atoms with Gasteiger partial charge >= 0.3 is 0 Å². The molecule has 0 saturated heterocycles. The fraction of sp³-hybridized carbons (Fsp3) is 0.0889. The van der Waals surface area contributed by atoms with Gasteiger partial charge in [0.2, 0.25) is 17.1 Å². The largest absolute Gasteiger partial charge is 0.397 e. The van der Waals surface area contributed by atoms with Crippen LogP contribution in [-0.4, -0.2) is 56.8 Å². The van der Waals surface area contributed by atoms with Crippen LogP contribution in [0.3, 0.4) is 0 Å². The van der Waals surface area contributed by atoms with Gasteiger partial charge in [0.25, 0.3) is 11.4 Å². The van der Waals surface area contributed by atoms with E-state index in [2.05, 4.69) is 98.1 Å². The van der Waals surface area contributed by atoms with Gasteiger partial charge in [0.1, 0.15) is 17.2 Å². The zero-order chi connectivity index (χ0) is 48.9. The van der Waals surface area contributed by atoms with E-state index in [4.69, 9.17) is 32.0 Å². The minimum atomic E-state index is -0.496. The van der Waals surface area contributed by atoms with Crippen molar-refractivity contribution in [2.24, 2.45) is 7.05 Å². The van der Waals surface area contributed by atoms with Crippen molar-refractivity contribution in [2.45, 2.75) is 0 Å². The zero-order valence-corrected chi connectivity index (χ0v) is 42.7. The van der Waals surface area contributed by atoms with Crippen LogP contribution < -0.4 is 21.7 Å². The normalized spacial score (nSPS) is 9.16. The average molecular weight is 1200 g/mol.